The molecule has 3 rings (SSSR count). The summed E-state index contributed by atoms with van der Waals surface area (Å²) >= 11 is 0. The number of pyridine rings is 1. The fourth-order valence-electron chi connectivity index (χ4n) is 2.47. The molecule has 0 atom stereocenters. The van der Waals surface area contributed by atoms with Crippen LogP contribution < -0.4 is 9.64 Å². The molecule has 1 fully saturated rings. The summed E-state index contributed by atoms with van der Waals surface area (Å²) in [4.78, 5) is 17.4. The highest BCUT2D eigenvalue weighted by molar-refractivity contribution is 5.38. The quantitative estimate of drug-likeness (QED) is 0.841. The lowest BCUT2D eigenvalue weighted by Crippen LogP contribution is -2.46. The fraction of sp³-hybridized carbons (Fsp3) is 0.400. The Hall–Kier alpha value is -2.21. The van der Waals surface area contributed by atoms with Crippen LogP contribution in [0.25, 0.3) is 0 Å². The summed E-state index contributed by atoms with van der Waals surface area (Å²) in [7, 11) is 1.61. The molecule has 3 heterocycles. The molecular weight excluding hydrogens is 266 g/mol. The molecule has 0 aliphatic carbocycles. The number of nitrogens with zero attached hydrogens (tertiary/aromatic N) is 5. The van der Waals surface area contributed by atoms with E-state index >= 15 is 0 Å². The van der Waals surface area contributed by atoms with Gasteiger partial charge in [0, 0.05) is 45.1 Å². The maximum atomic E-state index is 5.13. The second kappa shape index (κ2) is 6.49. The van der Waals surface area contributed by atoms with Crippen molar-refractivity contribution in [3.05, 3.63) is 42.5 Å². The van der Waals surface area contributed by atoms with Crippen LogP contribution in [0.1, 0.15) is 5.56 Å². The Kier molecular flexibility index (Phi) is 4.25. The number of anilines is 1. The van der Waals surface area contributed by atoms with Gasteiger partial charge in [-0.3, -0.25) is 14.9 Å². The first-order valence-electron chi connectivity index (χ1n) is 7.07. The molecule has 0 unspecified atom stereocenters. The number of hydrogen-bond acceptors (Lipinski definition) is 6. The number of aromatic nitrogens is 3. The van der Waals surface area contributed by atoms with Crippen LogP contribution in [-0.2, 0) is 6.54 Å². The third-order valence-electron chi connectivity index (χ3n) is 3.63. The molecule has 0 N–H and O–H groups in total. The van der Waals surface area contributed by atoms with Crippen molar-refractivity contribution >= 4 is 5.82 Å². The third-order valence-corrected chi connectivity index (χ3v) is 3.63. The SMILES string of the molecule is COc1cncc(N2CCN(Cc3cccnc3)CC2)n1. The average molecular weight is 285 g/mol. The normalized spacial score (nSPS) is 16.0. The predicted octanol–water partition coefficient (Wildman–Crippen LogP) is 1.20. The minimum absolute atomic E-state index is 0.560. The molecular formula is C15H19N5O. The van der Waals surface area contributed by atoms with E-state index in [9.17, 15) is 0 Å². The Morgan fingerprint density at radius 2 is 1.95 bits per heavy atom. The van der Waals surface area contributed by atoms with E-state index in [1.807, 2.05) is 18.5 Å². The van der Waals surface area contributed by atoms with Crippen LogP contribution in [0.3, 0.4) is 0 Å². The molecule has 0 amide bonds. The largest absolute Gasteiger partial charge is 0.480 e. The molecule has 0 spiro atoms. The highest BCUT2D eigenvalue weighted by Gasteiger charge is 2.18. The fourth-order valence-corrected chi connectivity index (χ4v) is 2.47. The second-order valence-electron chi connectivity index (χ2n) is 5.04. The molecule has 21 heavy (non-hydrogen) atoms. The zero-order chi connectivity index (χ0) is 14.5. The number of methoxy groups -OCH3 is 1. The number of hydrogen-bond donors (Lipinski definition) is 0. The van der Waals surface area contributed by atoms with Crippen LogP contribution in [0, 0.1) is 0 Å². The minimum Gasteiger partial charge on any atom is -0.480 e. The number of ether oxygens (including phenoxy) is 1. The topological polar surface area (TPSA) is 54.4 Å². The molecule has 0 aromatic carbocycles. The van der Waals surface area contributed by atoms with E-state index in [0.717, 1.165) is 38.5 Å². The summed E-state index contributed by atoms with van der Waals surface area (Å²) in [6.45, 7) is 4.86. The highest BCUT2D eigenvalue weighted by Crippen LogP contribution is 2.16. The van der Waals surface area contributed by atoms with E-state index in [1.165, 1.54) is 5.56 Å². The van der Waals surface area contributed by atoms with Gasteiger partial charge >= 0.3 is 0 Å². The Bertz CT molecular complexity index is 569. The van der Waals surface area contributed by atoms with E-state index in [0.29, 0.717) is 5.88 Å². The zero-order valence-electron chi connectivity index (χ0n) is 12.1. The van der Waals surface area contributed by atoms with Crippen LogP contribution in [0.2, 0.25) is 0 Å². The highest BCUT2D eigenvalue weighted by atomic mass is 16.5. The van der Waals surface area contributed by atoms with E-state index in [-0.39, 0.29) is 0 Å². The summed E-state index contributed by atoms with van der Waals surface area (Å²) in [5, 5.41) is 0. The van der Waals surface area contributed by atoms with Gasteiger partial charge < -0.3 is 9.64 Å². The summed E-state index contributed by atoms with van der Waals surface area (Å²) in [5.74, 6) is 1.45. The first-order valence-corrected chi connectivity index (χ1v) is 7.07. The Balaban J connectivity index is 1.57. The molecule has 2 aromatic heterocycles. The van der Waals surface area contributed by atoms with Gasteiger partial charge in [-0.2, -0.15) is 4.98 Å². The van der Waals surface area contributed by atoms with Gasteiger partial charge in [-0.25, -0.2) is 0 Å². The van der Waals surface area contributed by atoms with Crippen molar-refractivity contribution in [1.29, 1.82) is 0 Å². The van der Waals surface area contributed by atoms with E-state index in [4.69, 9.17) is 4.74 Å². The Morgan fingerprint density at radius 1 is 1.10 bits per heavy atom. The molecule has 6 nitrogen and oxygen atoms in total. The summed E-state index contributed by atoms with van der Waals surface area (Å²) in [6.07, 6.45) is 7.16. The standard InChI is InChI=1S/C15H19N5O/c1-21-15-11-17-10-14(18-15)20-7-5-19(6-8-20)12-13-3-2-4-16-9-13/h2-4,9-11H,5-8,12H2,1H3. The van der Waals surface area contributed by atoms with Crippen molar-refractivity contribution in [3.63, 3.8) is 0 Å². The lowest BCUT2D eigenvalue weighted by atomic mass is 10.2. The molecule has 0 radical (unpaired) electrons. The van der Waals surface area contributed by atoms with Crippen molar-refractivity contribution < 1.29 is 4.74 Å². The molecule has 1 aliphatic rings. The van der Waals surface area contributed by atoms with Crippen molar-refractivity contribution in [1.82, 2.24) is 19.9 Å². The van der Waals surface area contributed by atoms with Gasteiger partial charge in [0.2, 0.25) is 5.88 Å². The van der Waals surface area contributed by atoms with Crippen molar-refractivity contribution in [3.8, 4) is 5.88 Å². The summed E-state index contributed by atoms with van der Waals surface area (Å²) in [5.41, 5.74) is 1.26. The van der Waals surface area contributed by atoms with Gasteiger partial charge in [0.1, 0.15) is 0 Å². The summed E-state index contributed by atoms with van der Waals surface area (Å²) < 4.78 is 5.13. The van der Waals surface area contributed by atoms with E-state index in [2.05, 4.69) is 30.8 Å². The molecule has 2 aromatic rings. The van der Waals surface area contributed by atoms with Gasteiger partial charge in [-0.05, 0) is 11.6 Å². The maximum absolute atomic E-state index is 5.13. The van der Waals surface area contributed by atoms with Gasteiger partial charge in [0.05, 0.1) is 19.5 Å². The predicted molar refractivity (Wildman–Crippen MR) is 80.3 cm³/mol. The zero-order valence-corrected chi connectivity index (χ0v) is 12.1. The molecule has 1 saturated heterocycles. The van der Waals surface area contributed by atoms with Crippen LogP contribution in [-0.4, -0.2) is 53.1 Å². The van der Waals surface area contributed by atoms with Crippen LogP contribution in [0.15, 0.2) is 36.9 Å². The number of piperazine rings is 1. The first-order chi connectivity index (χ1) is 10.3. The average Bonchev–Trinajstić information content (AvgIpc) is 2.56. The molecule has 110 valence electrons. The molecule has 0 saturated carbocycles. The van der Waals surface area contributed by atoms with E-state index < -0.39 is 0 Å². The molecule has 6 heteroatoms. The smallest absolute Gasteiger partial charge is 0.233 e. The molecule has 1 aliphatic heterocycles. The monoisotopic (exact) mass is 285 g/mol. The van der Waals surface area contributed by atoms with Gasteiger partial charge in [-0.1, -0.05) is 6.07 Å². The maximum Gasteiger partial charge on any atom is 0.233 e. The van der Waals surface area contributed by atoms with Crippen molar-refractivity contribution in [2.45, 2.75) is 6.54 Å². The lowest BCUT2D eigenvalue weighted by molar-refractivity contribution is 0.249. The lowest BCUT2D eigenvalue weighted by Gasteiger charge is -2.35. The van der Waals surface area contributed by atoms with Crippen LogP contribution >= 0.6 is 0 Å². The first kappa shape index (κ1) is 13.8. The Labute approximate surface area is 124 Å². The van der Waals surface area contributed by atoms with E-state index in [1.54, 1.807) is 19.5 Å². The Morgan fingerprint density at radius 3 is 2.67 bits per heavy atom. The van der Waals surface area contributed by atoms with Gasteiger partial charge in [0.25, 0.3) is 0 Å². The second-order valence-corrected chi connectivity index (χ2v) is 5.04. The van der Waals surface area contributed by atoms with Crippen molar-refractivity contribution in [2.24, 2.45) is 0 Å². The summed E-state index contributed by atoms with van der Waals surface area (Å²) in [6, 6.07) is 4.10. The minimum atomic E-state index is 0.560. The van der Waals surface area contributed by atoms with Gasteiger partial charge in [0.15, 0.2) is 5.82 Å². The number of rotatable bonds is 4. The van der Waals surface area contributed by atoms with Crippen LogP contribution in [0.5, 0.6) is 5.88 Å². The van der Waals surface area contributed by atoms with Crippen molar-refractivity contribution in [2.75, 3.05) is 38.2 Å². The van der Waals surface area contributed by atoms with Gasteiger partial charge in [-0.15, -0.1) is 0 Å². The third kappa shape index (κ3) is 3.46. The molecule has 0 bridgehead atoms. The van der Waals surface area contributed by atoms with Crippen LogP contribution in [0.4, 0.5) is 5.82 Å².